The van der Waals surface area contributed by atoms with Gasteiger partial charge in [-0.3, -0.25) is 9.59 Å². The Morgan fingerprint density at radius 3 is 2.32 bits per heavy atom. The van der Waals surface area contributed by atoms with Crippen LogP contribution in [-0.2, 0) is 0 Å². The molecule has 0 fully saturated rings. The first kappa shape index (κ1) is 17.5. The summed E-state index contributed by atoms with van der Waals surface area (Å²) in [5.41, 5.74) is 1.48. The fraction of sp³-hybridized carbons (Fsp3) is 0. The number of hydrogen-bond donors (Lipinski definition) is 2. The maximum atomic E-state index is 12.3. The fourth-order valence-corrected chi connectivity index (χ4v) is 3.05. The van der Waals surface area contributed by atoms with Crippen LogP contribution >= 0.6 is 34.5 Å². The Balaban J connectivity index is 1.68. The van der Waals surface area contributed by atoms with Gasteiger partial charge in [-0.05, 0) is 53.9 Å². The summed E-state index contributed by atoms with van der Waals surface area (Å²) in [7, 11) is 0. The van der Waals surface area contributed by atoms with Crippen molar-refractivity contribution < 1.29 is 9.59 Å². The molecule has 2 aromatic carbocycles. The van der Waals surface area contributed by atoms with Gasteiger partial charge in [-0.1, -0.05) is 29.3 Å². The molecule has 0 atom stereocenters. The maximum Gasteiger partial charge on any atom is 0.265 e. The fourth-order valence-electron chi connectivity index (χ4n) is 2.09. The molecular formula is C18H12Cl2N2O2S. The highest BCUT2D eigenvalue weighted by atomic mass is 35.5. The van der Waals surface area contributed by atoms with Crippen LogP contribution in [0.25, 0.3) is 0 Å². The maximum absolute atomic E-state index is 12.3. The van der Waals surface area contributed by atoms with Gasteiger partial charge in [-0.2, -0.15) is 0 Å². The lowest BCUT2D eigenvalue weighted by atomic mass is 10.2. The van der Waals surface area contributed by atoms with E-state index in [-0.39, 0.29) is 11.8 Å². The van der Waals surface area contributed by atoms with Crippen LogP contribution < -0.4 is 10.6 Å². The normalized spacial score (nSPS) is 10.3. The van der Waals surface area contributed by atoms with Gasteiger partial charge in [0, 0.05) is 16.3 Å². The summed E-state index contributed by atoms with van der Waals surface area (Å²) in [5.74, 6) is -0.502. The minimum Gasteiger partial charge on any atom is -0.321 e. The molecule has 3 aromatic rings. The quantitative estimate of drug-likeness (QED) is 0.612. The van der Waals surface area contributed by atoms with Crippen LogP contribution in [0.4, 0.5) is 11.4 Å². The SMILES string of the molecule is O=C(Nc1cc(Cl)ccc1Cl)c1ccc(NC(=O)c2cccs2)cc1. The number of rotatable bonds is 4. The van der Waals surface area contributed by atoms with E-state index in [2.05, 4.69) is 10.6 Å². The molecule has 4 nitrogen and oxygen atoms in total. The molecule has 2 N–H and O–H groups in total. The van der Waals surface area contributed by atoms with E-state index >= 15 is 0 Å². The zero-order valence-corrected chi connectivity index (χ0v) is 15.1. The Morgan fingerprint density at radius 2 is 1.64 bits per heavy atom. The third kappa shape index (κ3) is 4.39. The zero-order valence-electron chi connectivity index (χ0n) is 12.8. The van der Waals surface area contributed by atoms with E-state index in [9.17, 15) is 9.59 Å². The highest BCUT2D eigenvalue weighted by Gasteiger charge is 2.10. The van der Waals surface area contributed by atoms with Gasteiger partial charge in [0.1, 0.15) is 0 Å². The molecule has 7 heteroatoms. The Morgan fingerprint density at radius 1 is 0.880 bits per heavy atom. The van der Waals surface area contributed by atoms with Crippen molar-refractivity contribution in [2.75, 3.05) is 10.6 Å². The lowest BCUT2D eigenvalue weighted by molar-refractivity contribution is 0.102. The van der Waals surface area contributed by atoms with E-state index in [1.54, 1.807) is 48.5 Å². The zero-order chi connectivity index (χ0) is 17.8. The number of nitrogens with one attached hydrogen (secondary N) is 2. The molecule has 25 heavy (non-hydrogen) atoms. The van der Waals surface area contributed by atoms with E-state index in [4.69, 9.17) is 23.2 Å². The van der Waals surface area contributed by atoms with Crippen molar-refractivity contribution in [3.63, 3.8) is 0 Å². The number of anilines is 2. The van der Waals surface area contributed by atoms with Gasteiger partial charge in [0.15, 0.2) is 0 Å². The van der Waals surface area contributed by atoms with Gasteiger partial charge in [-0.25, -0.2) is 0 Å². The second-order valence-electron chi connectivity index (χ2n) is 5.09. The average molecular weight is 391 g/mol. The Kier molecular flexibility index (Phi) is 5.38. The minimum atomic E-state index is -0.319. The molecule has 0 aliphatic rings. The number of halogens is 2. The summed E-state index contributed by atoms with van der Waals surface area (Å²) in [4.78, 5) is 24.9. The number of thiophene rings is 1. The molecule has 0 aliphatic carbocycles. The minimum absolute atomic E-state index is 0.182. The van der Waals surface area contributed by atoms with Crippen molar-refractivity contribution in [2.45, 2.75) is 0 Å². The summed E-state index contributed by atoms with van der Waals surface area (Å²) in [6.07, 6.45) is 0. The molecule has 0 saturated heterocycles. The molecule has 1 aromatic heterocycles. The molecular weight excluding hydrogens is 379 g/mol. The van der Waals surface area contributed by atoms with Gasteiger partial charge < -0.3 is 10.6 Å². The molecule has 0 spiro atoms. The lowest BCUT2D eigenvalue weighted by Crippen LogP contribution is -2.13. The van der Waals surface area contributed by atoms with Crippen LogP contribution in [-0.4, -0.2) is 11.8 Å². The summed E-state index contributed by atoms with van der Waals surface area (Å²) in [6.45, 7) is 0. The molecule has 3 rings (SSSR count). The molecule has 2 amide bonds. The van der Waals surface area contributed by atoms with Crippen LogP contribution in [0.2, 0.25) is 10.0 Å². The van der Waals surface area contributed by atoms with E-state index < -0.39 is 0 Å². The molecule has 0 saturated carbocycles. The van der Waals surface area contributed by atoms with Crippen molar-refractivity contribution in [3.05, 3.63) is 80.5 Å². The molecule has 126 valence electrons. The van der Waals surface area contributed by atoms with Crippen LogP contribution in [0, 0.1) is 0 Å². The lowest BCUT2D eigenvalue weighted by Gasteiger charge is -2.09. The first-order valence-electron chi connectivity index (χ1n) is 7.24. The molecule has 0 unspecified atom stereocenters. The number of hydrogen-bond acceptors (Lipinski definition) is 3. The topological polar surface area (TPSA) is 58.2 Å². The third-order valence-corrected chi connectivity index (χ3v) is 4.76. The first-order valence-corrected chi connectivity index (χ1v) is 8.88. The van der Waals surface area contributed by atoms with Crippen LogP contribution in [0.3, 0.4) is 0 Å². The third-order valence-electron chi connectivity index (χ3n) is 3.33. The summed E-state index contributed by atoms with van der Waals surface area (Å²) in [6, 6.07) is 15.0. The van der Waals surface area contributed by atoms with Gasteiger partial charge in [0.25, 0.3) is 11.8 Å². The highest BCUT2D eigenvalue weighted by Crippen LogP contribution is 2.26. The van der Waals surface area contributed by atoms with Gasteiger partial charge >= 0.3 is 0 Å². The van der Waals surface area contributed by atoms with E-state index in [0.717, 1.165) is 0 Å². The van der Waals surface area contributed by atoms with Crippen LogP contribution in [0.15, 0.2) is 60.0 Å². The van der Waals surface area contributed by atoms with Crippen molar-refractivity contribution in [2.24, 2.45) is 0 Å². The van der Waals surface area contributed by atoms with E-state index in [0.29, 0.717) is 31.9 Å². The average Bonchev–Trinajstić information content (AvgIpc) is 3.13. The largest absolute Gasteiger partial charge is 0.321 e. The predicted octanol–water partition coefficient (Wildman–Crippen LogP) is 5.56. The van der Waals surface area contributed by atoms with Gasteiger partial charge in [0.05, 0.1) is 15.6 Å². The number of amides is 2. The van der Waals surface area contributed by atoms with Crippen LogP contribution in [0.5, 0.6) is 0 Å². The Bertz CT molecular complexity index is 909. The van der Waals surface area contributed by atoms with Crippen molar-refractivity contribution in [1.82, 2.24) is 0 Å². The standard InChI is InChI=1S/C18H12Cl2N2O2S/c19-12-5-8-14(20)15(10-12)22-17(23)11-3-6-13(7-4-11)21-18(24)16-2-1-9-25-16/h1-10H,(H,21,24)(H,22,23). The van der Waals surface area contributed by atoms with Crippen molar-refractivity contribution in [1.29, 1.82) is 0 Å². The highest BCUT2D eigenvalue weighted by molar-refractivity contribution is 7.12. The van der Waals surface area contributed by atoms with Crippen molar-refractivity contribution in [3.8, 4) is 0 Å². The van der Waals surface area contributed by atoms with E-state index in [1.165, 1.54) is 11.3 Å². The Hall–Kier alpha value is -2.34. The van der Waals surface area contributed by atoms with Crippen LogP contribution in [0.1, 0.15) is 20.0 Å². The number of carbonyl (C=O) groups is 2. The number of benzene rings is 2. The second-order valence-corrected chi connectivity index (χ2v) is 6.88. The molecule has 0 bridgehead atoms. The predicted molar refractivity (Wildman–Crippen MR) is 103 cm³/mol. The monoisotopic (exact) mass is 390 g/mol. The summed E-state index contributed by atoms with van der Waals surface area (Å²) in [5, 5.41) is 8.20. The number of carbonyl (C=O) groups excluding carboxylic acids is 2. The van der Waals surface area contributed by atoms with Crippen molar-refractivity contribution >= 4 is 57.7 Å². The second kappa shape index (κ2) is 7.70. The smallest absolute Gasteiger partial charge is 0.265 e. The Labute approximate surface area is 158 Å². The molecule has 0 aliphatic heterocycles. The molecule has 1 heterocycles. The van der Waals surface area contributed by atoms with Gasteiger partial charge in [0.2, 0.25) is 0 Å². The molecule has 0 radical (unpaired) electrons. The first-order chi connectivity index (χ1) is 12.0. The van der Waals surface area contributed by atoms with Gasteiger partial charge in [-0.15, -0.1) is 11.3 Å². The summed E-state index contributed by atoms with van der Waals surface area (Å²) < 4.78 is 0. The summed E-state index contributed by atoms with van der Waals surface area (Å²) >= 11 is 13.3. The van der Waals surface area contributed by atoms with E-state index in [1.807, 2.05) is 11.4 Å².